The molecule has 0 fully saturated rings. The Bertz CT molecular complexity index is 576. The average Bonchev–Trinajstić information content (AvgIpc) is 2.86. The molecular weight excluding hydrogens is 248 g/mol. The van der Waals surface area contributed by atoms with Gasteiger partial charge in [0.2, 0.25) is 0 Å². The maximum Gasteiger partial charge on any atom is 0.123 e. The Morgan fingerprint density at radius 2 is 2.00 bits per heavy atom. The lowest BCUT2D eigenvalue weighted by molar-refractivity contribution is 0.438. The number of hydrogen-bond acceptors (Lipinski definition) is 3. The van der Waals surface area contributed by atoms with E-state index in [1.807, 2.05) is 7.05 Å². The summed E-state index contributed by atoms with van der Waals surface area (Å²) in [6.07, 6.45) is 1.18. The highest BCUT2D eigenvalue weighted by atomic mass is 16.3. The summed E-state index contributed by atoms with van der Waals surface area (Å²) in [5.41, 5.74) is 2.81. The first-order chi connectivity index (χ1) is 9.76. The minimum Gasteiger partial charge on any atom is -0.463 e. The second-order valence-corrected chi connectivity index (χ2v) is 5.72. The number of furan rings is 1. The molecule has 1 aromatic heterocycles. The van der Waals surface area contributed by atoms with Gasteiger partial charge in [0.1, 0.15) is 11.5 Å². The van der Waals surface area contributed by atoms with Crippen LogP contribution >= 0.6 is 0 Å². The van der Waals surface area contributed by atoms with Gasteiger partial charge < -0.3 is 14.6 Å². The quantitative estimate of drug-likeness (QED) is 0.925. The largest absolute Gasteiger partial charge is 0.463 e. The van der Waals surface area contributed by atoms with Crippen molar-refractivity contribution in [2.75, 3.05) is 18.5 Å². The molecule has 1 atom stereocenters. The van der Waals surface area contributed by atoms with Crippen LogP contribution in [-0.4, -0.2) is 13.6 Å². The molecule has 1 aromatic carbocycles. The zero-order valence-electron chi connectivity index (χ0n) is 12.2. The number of rotatable bonds is 4. The molecule has 0 spiro atoms. The second-order valence-electron chi connectivity index (χ2n) is 5.72. The van der Waals surface area contributed by atoms with E-state index in [4.69, 9.17) is 4.42 Å². The number of nitrogens with one attached hydrogen (secondary N) is 1. The van der Waals surface area contributed by atoms with Crippen molar-refractivity contribution >= 4 is 5.69 Å². The molecular formula is C17H22N2O. The van der Waals surface area contributed by atoms with Crippen LogP contribution < -0.4 is 10.2 Å². The minimum absolute atomic E-state index is 0.691. The molecule has 3 heteroatoms. The smallest absolute Gasteiger partial charge is 0.123 e. The Hall–Kier alpha value is -1.74. The zero-order valence-corrected chi connectivity index (χ0v) is 12.2. The van der Waals surface area contributed by atoms with Crippen LogP contribution in [0.15, 0.2) is 40.8 Å². The van der Waals surface area contributed by atoms with Crippen molar-refractivity contribution in [1.29, 1.82) is 0 Å². The van der Waals surface area contributed by atoms with Gasteiger partial charge in [-0.15, -0.1) is 0 Å². The van der Waals surface area contributed by atoms with Crippen LogP contribution in [0.4, 0.5) is 5.69 Å². The van der Waals surface area contributed by atoms with Crippen molar-refractivity contribution in [2.45, 2.75) is 26.4 Å². The molecule has 1 aliphatic heterocycles. The molecule has 106 valence electrons. The fraction of sp³-hybridized carbons (Fsp3) is 0.412. The summed E-state index contributed by atoms with van der Waals surface area (Å²) >= 11 is 0. The van der Waals surface area contributed by atoms with Crippen LogP contribution in [0.2, 0.25) is 0 Å². The first kappa shape index (κ1) is 13.3. The van der Waals surface area contributed by atoms with Gasteiger partial charge >= 0.3 is 0 Å². The lowest BCUT2D eigenvalue weighted by Crippen LogP contribution is -2.33. The standard InChI is InChI=1S/C17H22N2O/c1-13-9-14-5-3-4-6-17(14)19(11-13)12-16-8-7-15(20-16)10-18-2/h3-8,13,18H,9-12H2,1-2H3. The van der Waals surface area contributed by atoms with E-state index in [0.29, 0.717) is 5.92 Å². The summed E-state index contributed by atoms with van der Waals surface area (Å²) < 4.78 is 5.87. The topological polar surface area (TPSA) is 28.4 Å². The van der Waals surface area contributed by atoms with Crippen LogP contribution in [0.25, 0.3) is 0 Å². The van der Waals surface area contributed by atoms with Gasteiger partial charge in [-0.3, -0.25) is 0 Å². The third-order valence-electron chi connectivity index (χ3n) is 3.85. The van der Waals surface area contributed by atoms with Crippen molar-refractivity contribution in [3.8, 4) is 0 Å². The molecule has 3 rings (SSSR count). The van der Waals surface area contributed by atoms with Crippen LogP contribution in [0.3, 0.4) is 0 Å². The number of anilines is 1. The van der Waals surface area contributed by atoms with Gasteiger partial charge in [0.25, 0.3) is 0 Å². The van der Waals surface area contributed by atoms with Gasteiger partial charge in [-0.1, -0.05) is 25.1 Å². The monoisotopic (exact) mass is 270 g/mol. The van der Waals surface area contributed by atoms with E-state index in [9.17, 15) is 0 Å². The van der Waals surface area contributed by atoms with E-state index in [1.54, 1.807) is 0 Å². The summed E-state index contributed by atoms with van der Waals surface area (Å²) in [6, 6.07) is 12.9. The Balaban J connectivity index is 1.79. The number of benzene rings is 1. The van der Waals surface area contributed by atoms with E-state index < -0.39 is 0 Å². The Morgan fingerprint density at radius 3 is 2.85 bits per heavy atom. The molecule has 0 radical (unpaired) electrons. The molecule has 2 aromatic rings. The van der Waals surface area contributed by atoms with Gasteiger partial charge in [0.05, 0.1) is 13.1 Å². The Kier molecular flexibility index (Phi) is 3.79. The lowest BCUT2D eigenvalue weighted by Gasteiger charge is -2.34. The fourth-order valence-corrected chi connectivity index (χ4v) is 3.02. The predicted molar refractivity (Wildman–Crippen MR) is 81.8 cm³/mol. The molecule has 1 unspecified atom stereocenters. The predicted octanol–water partition coefficient (Wildman–Crippen LogP) is 3.20. The summed E-state index contributed by atoms with van der Waals surface area (Å²) in [5, 5.41) is 3.12. The highest BCUT2D eigenvalue weighted by Crippen LogP contribution is 2.30. The van der Waals surface area contributed by atoms with E-state index in [0.717, 1.165) is 31.2 Å². The zero-order chi connectivity index (χ0) is 13.9. The number of fused-ring (bicyclic) bond motifs is 1. The first-order valence-electron chi connectivity index (χ1n) is 7.31. The van der Waals surface area contributed by atoms with Crippen LogP contribution in [0.1, 0.15) is 24.0 Å². The van der Waals surface area contributed by atoms with Crippen molar-refractivity contribution in [3.63, 3.8) is 0 Å². The minimum atomic E-state index is 0.691. The Morgan fingerprint density at radius 1 is 1.20 bits per heavy atom. The summed E-state index contributed by atoms with van der Waals surface area (Å²) in [5.74, 6) is 2.73. The summed E-state index contributed by atoms with van der Waals surface area (Å²) in [4.78, 5) is 2.44. The van der Waals surface area contributed by atoms with E-state index >= 15 is 0 Å². The van der Waals surface area contributed by atoms with Crippen molar-refractivity contribution in [1.82, 2.24) is 5.32 Å². The number of hydrogen-bond donors (Lipinski definition) is 1. The summed E-state index contributed by atoms with van der Waals surface area (Å²) in [7, 11) is 1.94. The van der Waals surface area contributed by atoms with Gasteiger partial charge in [0, 0.05) is 12.2 Å². The molecule has 1 aliphatic rings. The molecule has 3 nitrogen and oxygen atoms in total. The fourth-order valence-electron chi connectivity index (χ4n) is 3.02. The van der Waals surface area contributed by atoms with Gasteiger partial charge in [-0.25, -0.2) is 0 Å². The van der Waals surface area contributed by atoms with Crippen LogP contribution in [-0.2, 0) is 19.5 Å². The molecule has 0 saturated heterocycles. The SMILES string of the molecule is CNCc1ccc(CN2CC(C)Cc3ccccc32)o1. The third-order valence-corrected chi connectivity index (χ3v) is 3.85. The molecule has 0 bridgehead atoms. The normalized spacial score (nSPS) is 18.1. The van der Waals surface area contributed by atoms with E-state index in [2.05, 4.69) is 53.5 Å². The van der Waals surface area contributed by atoms with Crippen molar-refractivity contribution in [2.24, 2.45) is 5.92 Å². The van der Waals surface area contributed by atoms with Crippen molar-refractivity contribution in [3.05, 3.63) is 53.5 Å². The van der Waals surface area contributed by atoms with Crippen LogP contribution in [0.5, 0.6) is 0 Å². The molecule has 0 saturated carbocycles. The first-order valence-corrected chi connectivity index (χ1v) is 7.31. The maximum atomic E-state index is 5.87. The molecule has 2 heterocycles. The molecule has 20 heavy (non-hydrogen) atoms. The van der Waals surface area contributed by atoms with Crippen LogP contribution in [0, 0.1) is 5.92 Å². The molecule has 0 aliphatic carbocycles. The highest BCUT2D eigenvalue weighted by Gasteiger charge is 2.22. The average molecular weight is 270 g/mol. The van der Waals surface area contributed by atoms with Crippen molar-refractivity contribution < 1.29 is 4.42 Å². The lowest BCUT2D eigenvalue weighted by atomic mass is 9.94. The second kappa shape index (κ2) is 5.71. The molecule has 0 amide bonds. The summed E-state index contributed by atoms with van der Waals surface area (Å²) in [6.45, 7) is 5.05. The van der Waals surface area contributed by atoms with Gasteiger partial charge in [-0.05, 0) is 43.1 Å². The van der Waals surface area contributed by atoms with E-state index in [-0.39, 0.29) is 0 Å². The maximum absolute atomic E-state index is 5.87. The third kappa shape index (κ3) is 2.73. The highest BCUT2D eigenvalue weighted by molar-refractivity contribution is 5.55. The Labute approximate surface area is 120 Å². The molecule has 1 N–H and O–H groups in total. The number of nitrogens with zero attached hydrogens (tertiary/aromatic N) is 1. The van der Waals surface area contributed by atoms with E-state index in [1.165, 1.54) is 17.7 Å². The van der Waals surface area contributed by atoms with Gasteiger partial charge in [-0.2, -0.15) is 0 Å². The number of para-hydroxylation sites is 1. The van der Waals surface area contributed by atoms with Gasteiger partial charge in [0.15, 0.2) is 0 Å².